The van der Waals surface area contributed by atoms with Crippen LogP contribution in [0.15, 0.2) is 29.2 Å². The molecule has 1 aliphatic heterocycles. The zero-order valence-corrected chi connectivity index (χ0v) is 8.84. The summed E-state index contributed by atoms with van der Waals surface area (Å²) in [4.78, 5) is 12.1. The maximum atomic E-state index is 10.9. The lowest BCUT2D eigenvalue weighted by atomic mass is 10.1. The fraction of sp³-hybridized carbons (Fsp3) is 0.364. The van der Waals surface area contributed by atoms with Crippen LogP contribution in [0, 0.1) is 0 Å². The van der Waals surface area contributed by atoms with Gasteiger partial charge >= 0.3 is 5.97 Å². The Balaban J connectivity index is 2.26. The summed E-state index contributed by atoms with van der Waals surface area (Å²) in [6, 6.07) is 8.12. The Morgan fingerprint density at radius 1 is 1.50 bits per heavy atom. The second-order valence-corrected chi connectivity index (χ2v) is 4.41. The van der Waals surface area contributed by atoms with Gasteiger partial charge in [0.15, 0.2) is 0 Å². The Kier molecular flexibility index (Phi) is 2.77. The quantitative estimate of drug-likeness (QED) is 0.664. The van der Waals surface area contributed by atoms with Crippen molar-refractivity contribution in [2.75, 3.05) is 5.75 Å². The minimum Gasteiger partial charge on any atom is -0.458 e. The SMILES string of the molecule is CC(=O)O[C@@H]1CCSc2ccccc21. The molecule has 1 atom stereocenters. The van der Waals surface area contributed by atoms with Crippen molar-refractivity contribution in [2.24, 2.45) is 0 Å². The third-order valence-corrected chi connectivity index (χ3v) is 3.33. The first-order chi connectivity index (χ1) is 6.77. The number of esters is 1. The number of hydrogen-bond donors (Lipinski definition) is 0. The highest BCUT2D eigenvalue weighted by molar-refractivity contribution is 7.99. The average Bonchev–Trinajstić information content (AvgIpc) is 2.18. The number of hydrogen-bond acceptors (Lipinski definition) is 3. The largest absolute Gasteiger partial charge is 0.458 e. The van der Waals surface area contributed by atoms with Crippen molar-refractivity contribution in [3.8, 4) is 0 Å². The Hall–Kier alpha value is -0.960. The van der Waals surface area contributed by atoms with E-state index < -0.39 is 0 Å². The number of thioether (sulfide) groups is 1. The Morgan fingerprint density at radius 2 is 2.29 bits per heavy atom. The van der Waals surface area contributed by atoms with Gasteiger partial charge in [0.05, 0.1) is 0 Å². The zero-order valence-electron chi connectivity index (χ0n) is 8.03. The molecule has 0 radical (unpaired) electrons. The summed E-state index contributed by atoms with van der Waals surface area (Å²) in [5.41, 5.74) is 1.15. The number of fused-ring (bicyclic) bond motifs is 1. The molecule has 2 nitrogen and oxygen atoms in total. The van der Waals surface area contributed by atoms with Crippen LogP contribution in [-0.2, 0) is 9.53 Å². The molecule has 14 heavy (non-hydrogen) atoms. The van der Waals surface area contributed by atoms with Gasteiger partial charge in [-0.2, -0.15) is 0 Å². The van der Waals surface area contributed by atoms with Crippen molar-refractivity contribution >= 4 is 17.7 Å². The third kappa shape index (κ3) is 1.93. The first kappa shape index (κ1) is 9.59. The van der Waals surface area contributed by atoms with E-state index in [-0.39, 0.29) is 12.1 Å². The fourth-order valence-electron chi connectivity index (χ4n) is 1.63. The summed E-state index contributed by atoms with van der Waals surface area (Å²) in [5, 5.41) is 0. The molecule has 0 spiro atoms. The highest BCUT2D eigenvalue weighted by Gasteiger charge is 2.22. The van der Waals surface area contributed by atoms with E-state index in [0.717, 1.165) is 17.7 Å². The molecule has 0 fully saturated rings. The molecule has 1 aromatic carbocycles. The van der Waals surface area contributed by atoms with Gasteiger partial charge in [-0.15, -0.1) is 11.8 Å². The van der Waals surface area contributed by atoms with Gasteiger partial charge in [-0.05, 0) is 12.5 Å². The van der Waals surface area contributed by atoms with Crippen LogP contribution in [0.1, 0.15) is 25.0 Å². The second kappa shape index (κ2) is 4.05. The molecular formula is C11H12O2S. The number of ether oxygens (including phenoxy) is 1. The van der Waals surface area contributed by atoms with Crippen LogP contribution in [0.5, 0.6) is 0 Å². The molecule has 0 saturated carbocycles. The molecule has 1 aromatic rings. The van der Waals surface area contributed by atoms with Gasteiger partial charge in [-0.25, -0.2) is 0 Å². The first-order valence-corrected chi connectivity index (χ1v) is 5.65. The summed E-state index contributed by atoms with van der Waals surface area (Å²) in [6.45, 7) is 1.46. The molecular weight excluding hydrogens is 196 g/mol. The predicted molar refractivity (Wildman–Crippen MR) is 56.3 cm³/mol. The molecule has 0 saturated heterocycles. The summed E-state index contributed by atoms with van der Waals surface area (Å²) in [7, 11) is 0. The average molecular weight is 208 g/mol. The van der Waals surface area contributed by atoms with Crippen LogP contribution in [0.25, 0.3) is 0 Å². The Labute approximate surface area is 87.6 Å². The summed E-state index contributed by atoms with van der Waals surface area (Å²) >= 11 is 1.83. The van der Waals surface area contributed by atoms with Gasteiger partial charge < -0.3 is 4.74 Å². The van der Waals surface area contributed by atoms with Gasteiger partial charge in [0.2, 0.25) is 0 Å². The lowest BCUT2D eigenvalue weighted by Crippen LogP contribution is -2.13. The molecule has 0 bridgehead atoms. The van der Waals surface area contributed by atoms with E-state index >= 15 is 0 Å². The number of benzene rings is 1. The van der Waals surface area contributed by atoms with E-state index in [9.17, 15) is 4.79 Å². The van der Waals surface area contributed by atoms with Crippen molar-refractivity contribution in [2.45, 2.75) is 24.3 Å². The van der Waals surface area contributed by atoms with Crippen molar-refractivity contribution in [1.29, 1.82) is 0 Å². The lowest BCUT2D eigenvalue weighted by molar-refractivity contribution is -0.147. The number of rotatable bonds is 1. The minimum atomic E-state index is -0.197. The number of carbonyl (C=O) groups excluding carboxylic acids is 1. The van der Waals surface area contributed by atoms with Gasteiger partial charge in [0.1, 0.15) is 6.10 Å². The normalized spacial score (nSPS) is 19.9. The third-order valence-electron chi connectivity index (χ3n) is 2.21. The Morgan fingerprint density at radius 3 is 3.07 bits per heavy atom. The van der Waals surface area contributed by atoms with Crippen LogP contribution >= 0.6 is 11.8 Å². The van der Waals surface area contributed by atoms with Gasteiger partial charge in [0, 0.05) is 23.1 Å². The highest BCUT2D eigenvalue weighted by atomic mass is 32.2. The predicted octanol–water partition coefficient (Wildman–Crippen LogP) is 2.79. The topological polar surface area (TPSA) is 26.3 Å². The smallest absolute Gasteiger partial charge is 0.303 e. The zero-order chi connectivity index (χ0) is 9.97. The molecule has 0 aromatic heterocycles. The second-order valence-electron chi connectivity index (χ2n) is 3.27. The van der Waals surface area contributed by atoms with Crippen molar-refractivity contribution in [1.82, 2.24) is 0 Å². The van der Waals surface area contributed by atoms with Gasteiger partial charge in [-0.1, -0.05) is 18.2 Å². The molecule has 0 unspecified atom stereocenters. The van der Waals surface area contributed by atoms with Crippen molar-refractivity contribution < 1.29 is 9.53 Å². The van der Waals surface area contributed by atoms with Crippen LogP contribution in [0.4, 0.5) is 0 Å². The molecule has 0 N–H and O–H groups in total. The summed E-state index contributed by atoms with van der Waals surface area (Å²) < 4.78 is 5.27. The summed E-state index contributed by atoms with van der Waals surface area (Å²) in [5.74, 6) is 0.825. The summed E-state index contributed by atoms with van der Waals surface area (Å²) in [6.07, 6.45) is 0.881. The lowest BCUT2D eigenvalue weighted by Gasteiger charge is -2.24. The van der Waals surface area contributed by atoms with Crippen molar-refractivity contribution in [3.05, 3.63) is 29.8 Å². The molecule has 74 valence electrons. The van der Waals surface area contributed by atoms with Crippen LogP contribution < -0.4 is 0 Å². The molecule has 0 aliphatic carbocycles. The Bertz CT molecular complexity index is 349. The van der Waals surface area contributed by atoms with E-state index in [1.807, 2.05) is 30.0 Å². The van der Waals surface area contributed by atoms with E-state index in [1.165, 1.54) is 11.8 Å². The number of carbonyl (C=O) groups is 1. The molecule has 0 amide bonds. The molecule has 3 heteroatoms. The maximum absolute atomic E-state index is 10.9. The fourth-order valence-corrected chi connectivity index (χ4v) is 2.72. The van der Waals surface area contributed by atoms with Gasteiger partial charge in [-0.3, -0.25) is 4.79 Å². The molecule has 1 aliphatic rings. The minimum absolute atomic E-state index is 0.0371. The first-order valence-electron chi connectivity index (χ1n) is 4.66. The standard InChI is InChI=1S/C11H12O2S/c1-8(12)13-10-6-7-14-11-5-3-2-4-9(10)11/h2-5,10H,6-7H2,1H3/t10-/m1/s1. The van der Waals surface area contributed by atoms with Crippen LogP contribution in [-0.4, -0.2) is 11.7 Å². The molecule has 1 heterocycles. The van der Waals surface area contributed by atoms with E-state index in [0.29, 0.717) is 0 Å². The molecule has 2 rings (SSSR count). The van der Waals surface area contributed by atoms with Crippen molar-refractivity contribution in [3.63, 3.8) is 0 Å². The van der Waals surface area contributed by atoms with Gasteiger partial charge in [0.25, 0.3) is 0 Å². The van der Waals surface area contributed by atoms with E-state index in [2.05, 4.69) is 6.07 Å². The van der Waals surface area contributed by atoms with E-state index in [1.54, 1.807) is 0 Å². The van der Waals surface area contributed by atoms with E-state index in [4.69, 9.17) is 4.74 Å². The monoisotopic (exact) mass is 208 g/mol. The van der Waals surface area contributed by atoms with Crippen LogP contribution in [0.3, 0.4) is 0 Å². The highest BCUT2D eigenvalue weighted by Crippen LogP contribution is 2.37. The maximum Gasteiger partial charge on any atom is 0.303 e. The van der Waals surface area contributed by atoms with Crippen LogP contribution in [0.2, 0.25) is 0 Å².